The molecule has 2 aromatic carbocycles. The number of nitrogens with zero attached hydrogens (tertiary/aromatic N) is 4. The Balaban J connectivity index is 1.63. The number of alkyl halides is 3. The Morgan fingerprint density at radius 1 is 1.14 bits per heavy atom. The summed E-state index contributed by atoms with van der Waals surface area (Å²) in [5.74, 6) is -0.367. The van der Waals surface area contributed by atoms with Gasteiger partial charge in [-0.25, -0.2) is 9.50 Å². The number of hydrogen-bond donors (Lipinski definition) is 1. The highest BCUT2D eigenvalue weighted by molar-refractivity contribution is 9.10. The molecule has 1 amide bonds. The minimum atomic E-state index is -4.80. The van der Waals surface area contributed by atoms with Gasteiger partial charge in [-0.1, -0.05) is 45.7 Å². The monoisotopic (exact) mass is 575 g/mol. The summed E-state index contributed by atoms with van der Waals surface area (Å²) in [5, 5.41) is 6.93. The number of halogens is 5. The van der Waals surface area contributed by atoms with Gasteiger partial charge in [-0.2, -0.15) is 18.3 Å². The minimum absolute atomic E-state index is 0.00872. The van der Waals surface area contributed by atoms with Crippen LogP contribution in [0.2, 0.25) is 5.02 Å². The number of pyridine rings is 1. The van der Waals surface area contributed by atoms with E-state index in [9.17, 15) is 18.0 Å². The van der Waals surface area contributed by atoms with Gasteiger partial charge in [0.05, 0.1) is 24.0 Å². The van der Waals surface area contributed by atoms with Crippen LogP contribution in [0.25, 0.3) is 27.8 Å². The van der Waals surface area contributed by atoms with Gasteiger partial charge >= 0.3 is 6.18 Å². The second kappa shape index (κ2) is 9.07. The second-order valence-electron chi connectivity index (χ2n) is 7.60. The largest absolute Gasteiger partial charge is 0.497 e. The van der Waals surface area contributed by atoms with Crippen molar-refractivity contribution in [3.05, 3.63) is 81.7 Å². The summed E-state index contributed by atoms with van der Waals surface area (Å²) in [6.45, 7) is 0. The molecule has 3 heterocycles. The molecule has 7 nitrogen and oxygen atoms in total. The van der Waals surface area contributed by atoms with Gasteiger partial charge in [0.15, 0.2) is 17.0 Å². The van der Waals surface area contributed by atoms with Crippen molar-refractivity contribution >= 4 is 55.7 Å². The average molecular weight is 577 g/mol. The molecule has 36 heavy (non-hydrogen) atoms. The molecule has 0 atom stereocenters. The smallest absolute Gasteiger partial charge is 0.433 e. The number of anilines is 1. The molecule has 5 rings (SSSR count). The maximum absolute atomic E-state index is 14.0. The lowest BCUT2D eigenvalue weighted by Gasteiger charge is -2.11. The van der Waals surface area contributed by atoms with Crippen molar-refractivity contribution in [3.63, 3.8) is 0 Å². The maximum Gasteiger partial charge on any atom is 0.433 e. The molecular weight excluding hydrogens is 563 g/mol. The number of nitrogens with one attached hydrogen (secondary N) is 1. The zero-order valence-corrected chi connectivity index (χ0v) is 20.6. The molecule has 12 heteroatoms. The van der Waals surface area contributed by atoms with E-state index in [-0.39, 0.29) is 16.4 Å². The molecule has 0 spiro atoms. The predicted molar refractivity (Wildman–Crippen MR) is 132 cm³/mol. The molecule has 0 aliphatic heterocycles. The summed E-state index contributed by atoms with van der Waals surface area (Å²) in [4.78, 5) is 21.7. The van der Waals surface area contributed by atoms with Gasteiger partial charge in [-0.15, -0.1) is 0 Å². The highest BCUT2D eigenvalue weighted by Gasteiger charge is 2.37. The molecule has 0 fully saturated rings. The Labute approximate surface area is 215 Å². The number of benzene rings is 2. The quantitative estimate of drug-likeness (QED) is 0.259. The van der Waals surface area contributed by atoms with E-state index in [2.05, 4.69) is 36.3 Å². The molecule has 1 N–H and O–H groups in total. The highest BCUT2D eigenvalue weighted by Crippen LogP contribution is 2.35. The first kappa shape index (κ1) is 24.0. The molecule has 0 bridgehead atoms. The molecule has 0 saturated carbocycles. The summed E-state index contributed by atoms with van der Waals surface area (Å²) in [6.07, 6.45) is -3.24. The first-order valence-electron chi connectivity index (χ1n) is 10.3. The summed E-state index contributed by atoms with van der Waals surface area (Å²) < 4.78 is 48.4. The van der Waals surface area contributed by atoms with Crippen LogP contribution in [-0.4, -0.2) is 32.6 Å². The summed E-state index contributed by atoms with van der Waals surface area (Å²) in [7, 11) is 1.44. The fraction of sp³-hybridized carbons (Fsp3) is 0.0833. The summed E-state index contributed by atoms with van der Waals surface area (Å²) in [6, 6.07) is 14.1. The van der Waals surface area contributed by atoms with Crippen LogP contribution in [0.1, 0.15) is 16.2 Å². The SMILES string of the molecule is COc1cccc(-c2cc(C(F)(F)F)n3nc(C(=O)Nc4ccc(Br)c5cccnc45)c(Cl)c3n2)c1. The average Bonchev–Trinajstić information content (AvgIpc) is 3.21. The predicted octanol–water partition coefficient (Wildman–Crippen LogP) is 6.64. The number of aromatic nitrogens is 4. The number of rotatable bonds is 4. The standard InChI is InChI=1S/C24H14BrClF3N5O2/c1-36-13-5-2-4-12(10-13)17-11-18(24(27,28)29)34-22(31-17)19(26)21(33-34)23(35)32-16-8-7-15(25)14-6-3-9-30-20(14)16/h2-11H,1H3,(H,32,35). The van der Waals surface area contributed by atoms with Gasteiger partial charge in [0, 0.05) is 21.6 Å². The molecular formula is C24H14BrClF3N5O2. The zero-order valence-electron chi connectivity index (χ0n) is 18.3. The maximum atomic E-state index is 14.0. The van der Waals surface area contributed by atoms with Gasteiger partial charge in [0.2, 0.25) is 0 Å². The number of hydrogen-bond acceptors (Lipinski definition) is 5. The Kier molecular flexibility index (Phi) is 6.05. The molecule has 0 aliphatic carbocycles. The molecule has 0 unspecified atom stereocenters. The highest BCUT2D eigenvalue weighted by atomic mass is 79.9. The van der Waals surface area contributed by atoms with Crippen molar-refractivity contribution in [2.45, 2.75) is 6.18 Å². The van der Waals surface area contributed by atoms with Gasteiger partial charge < -0.3 is 10.1 Å². The second-order valence-corrected chi connectivity index (χ2v) is 8.84. The Hall–Kier alpha value is -3.70. The van der Waals surface area contributed by atoms with Crippen LogP contribution in [0.15, 0.2) is 65.3 Å². The third-order valence-electron chi connectivity index (χ3n) is 5.37. The molecule has 3 aromatic heterocycles. The van der Waals surface area contributed by atoms with Crippen LogP contribution in [0, 0.1) is 0 Å². The van der Waals surface area contributed by atoms with Gasteiger partial charge in [0.1, 0.15) is 10.8 Å². The third-order valence-corrected chi connectivity index (χ3v) is 6.41. The van der Waals surface area contributed by atoms with Crippen LogP contribution in [0.3, 0.4) is 0 Å². The van der Waals surface area contributed by atoms with E-state index < -0.39 is 23.5 Å². The molecule has 0 saturated heterocycles. The van der Waals surface area contributed by atoms with E-state index >= 15 is 0 Å². The summed E-state index contributed by atoms with van der Waals surface area (Å²) in [5.41, 5.74) is -0.675. The van der Waals surface area contributed by atoms with E-state index in [4.69, 9.17) is 16.3 Å². The molecule has 182 valence electrons. The normalized spacial score (nSPS) is 11.7. The Morgan fingerprint density at radius 2 is 1.94 bits per heavy atom. The van der Waals surface area contributed by atoms with Crippen LogP contribution >= 0.6 is 27.5 Å². The van der Waals surface area contributed by atoms with E-state index in [1.807, 2.05) is 0 Å². The fourth-order valence-corrected chi connectivity index (χ4v) is 4.39. The number of carbonyl (C=O) groups excluding carboxylic acids is 1. The van der Waals surface area contributed by atoms with Crippen molar-refractivity contribution in [1.29, 1.82) is 0 Å². The lowest BCUT2D eigenvalue weighted by Crippen LogP contribution is -2.16. The lowest BCUT2D eigenvalue weighted by molar-refractivity contribution is -0.142. The Morgan fingerprint density at radius 3 is 2.69 bits per heavy atom. The van der Waals surface area contributed by atoms with Gasteiger partial charge in [0.25, 0.3) is 5.91 Å². The number of carbonyl (C=O) groups is 1. The van der Waals surface area contributed by atoms with Gasteiger partial charge in [-0.3, -0.25) is 9.78 Å². The van der Waals surface area contributed by atoms with E-state index in [1.165, 1.54) is 7.11 Å². The van der Waals surface area contributed by atoms with Crippen molar-refractivity contribution in [1.82, 2.24) is 19.6 Å². The molecule has 5 aromatic rings. The Bertz CT molecular complexity index is 1660. The van der Waals surface area contributed by atoms with E-state index in [1.54, 1.807) is 54.7 Å². The first-order chi connectivity index (χ1) is 17.2. The number of ether oxygens (including phenoxy) is 1. The third kappa shape index (κ3) is 4.24. The lowest BCUT2D eigenvalue weighted by atomic mass is 10.1. The van der Waals surface area contributed by atoms with Crippen LogP contribution in [0.5, 0.6) is 5.75 Å². The van der Waals surface area contributed by atoms with Crippen molar-refractivity contribution in [2.24, 2.45) is 0 Å². The van der Waals surface area contributed by atoms with Crippen molar-refractivity contribution < 1.29 is 22.7 Å². The number of fused-ring (bicyclic) bond motifs is 2. The van der Waals surface area contributed by atoms with Gasteiger partial charge in [-0.05, 0) is 36.4 Å². The number of methoxy groups -OCH3 is 1. The number of amides is 1. The topological polar surface area (TPSA) is 81.4 Å². The van der Waals surface area contributed by atoms with Crippen LogP contribution in [-0.2, 0) is 6.18 Å². The van der Waals surface area contributed by atoms with Crippen LogP contribution in [0.4, 0.5) is 18.9 Å². The van der Waals surface area contributed by atoms with Crippen LogP contribution < -0.4 is 10.1 Å². The zero-order chi connectivity index (χ0) is 25.6. The first-order valence-corrected chi connectivity index (χ1v) is 11.5. The fourth-order valence-electron chi connectivity index (χ4n) is 3.69. The van der Waals surface area contributed by atoms with E-state index in [0.717, 1.165) is 15.9 Å². The molecule has 0 radical (unpaired) electrons. The minimum Gasteiger partial charge on any atom is -0.497 e. The van der Waals surface area contributed by atoms with E-state index in [0.29, 0.717) is 27.0 Å². The van der Waals surface area contributed by atoms with Crippen molar-refractivity contribution in [2.75, 3.05) is 12.4 Å². The van der Waals surface area contributed by atoms with Crippen molar-refractivity contribution in [3.8, 4) is 17.0 Å². The summed E-state index contributed by atoms with van der Waals surface area (Å²) >= 11 is 9.81. The molecule has 0 aliphatic rings.